The normalized spacial score (nSPS) is 20.5. The van der Waals surface area contributed by atoms with E-state index in [9.17, 15) is 9.18 Å². The van der Waals surface area contributed by atoms with Gasteiger partial charge < -0.3 is 19.5 Å². The Morgan fingerprint density at radius 3 is 2.45 bits per heavy atom. The van der Waals surface area contributed by atoms with E-state index in [2.05, 4.69) is 5.32 Å². The Kier molecular flexibility index (Phi) is 6.44. The molecule has 2 fully saturated rings. The number of piperidine rings is 1. The minimum atomic E-state index is -0.450. The van der Waals surface area contributed by atoms with Crippen molar-refractivity contribution in [1.82, 2.24) is 5.32 Å². The quantitative estimate of drug-likeness (QED) is 0.672. The maximum absolute atomic E-state index is 14.0. The molecule has 1 saturated carbocycles. The number of carbonyl (C=O) groups excluding carboxylic acids is 1. The molecule has 0 radical (unpaired) electrons. The molecule has 4 rings (SSSR count). The summed E-state index contributed by atoms with van der Waals surface area (Å²) < 4.78 is 30.7. The van der Waals surface area contributed by atoms with Gasteiger partial charge in [0.2, 0.25) is 5.91 Å². The summed E-state index contributed by atoms with van der Waals surface area (Å²) >= 11 is 0. The molecule has 1 atom stereocenters. The van der Waals surface area contributed by atoms with Crippen LogP contribution >= 0.6 is 0 Å². The van der Waals surface area contributed by atoms with Crippen LogP contribution < -0.4 is 19.5 Å². The van der Waals surface area contributed by atoms with Crippen LogP contribution in [0.15, 0.2) is 42.0 Å². The first-order valence-electron chi connectivity index (χ1n) is 10.7. The first-order valence-corrected chi connectivity index (χ1v) is 10.7. The van der Waals surface area contributed by atoms with Crippen LogP contribution in [0.4, 0.5) is 4.39 Å². The van der Waals surface area contributed by atoms with Gasteiger partial charge in [-0.1, -0.05) is 12.1 Å². The molecular formula is C25H28FNO4. The van der Waals surface area contributed by atoms with Crippen molar-refractivity contribution in [3.05, 3.63) is 58.9 Å². The number of halogens is 1. The van der Waals surface area contributed by atoms with Crippen LogP contribution in [0.3, 0.4) is 0 Å². The van der Waals surface area contributed by atoms with Gasteiger partial charge in [-0.25, -0.2) is 4.39 Å². The van der Waals surface area contributed by atoms with E-state index >= 15 is 0 Å². The van der Waals surface area contributed by atoms with E-state index < -0.39 is 5.82 Å². The molecule has 1 amide bonds. The van der Waals surface area contributed by atoms with E-state index in [1.165, 1.54) is 26.0 Å². The Balaban J connectivity index is 1.56. The first kappa shape index (κ1) is 21.2. The van der Waals surface area contributed by atoms with Crippen LogP contribution in [-0.4, -0.2) is 32.8 Å². The number of methoxy groups -OCH3 is 2. The molecule has 2 aromatic carbocycles. The van der Waals surface area contributed by atoms with Gasteiger partial charge in [-0.3, -0.25) is 4.79 Å². The third kappa shape index (κ3) is 4.84. The molecule has 1 aliphatic carbocycles. The van der Waals surface area contributed by atoms with E-state index in [1.54, 1.807) is 25.3 Å². The summed E-state index contributed by atoms with van der Waals surface area (Å²) in [5.41, 5.74) is 2.33. The zero-order valence-corrected chi connectivity index (χ0v) is 17.9. The highest BCUT2D eigenvalue weighted by Crippen LogP contribution is 2.36. The first-order chi connectivity index (χ1) is 15.1. The van der Waals surface area contributed by atoms with Crippen molar-refractivity contribution in [2.75, 3.05) is 20.8 Å². The van der Waals surface area contributed by atoms with Crippen molar-refractivity contribution in [2.45, 2.75) is 44.1 Å². The molecule has 5 nitrogen and oxygen atoms in total. The average Bonchev–Trinajstić information content (AvgIpc) is 3.28. The minimum Gasteiger partial charge on any atom is -0.494 e. The standard InChI is InChI=1S/C25H28FNO4/c1-29-22-9-7-16(12-21(22)26)11-18-13-19(15-27-25(18)28)17-8-10-23(30-2)24(14-17)31-20-5-3-4-6-20/h7-12,14,19-20H,3-6,13,15H2,1-2H3,(H,27,28)/b18-11+/t19-/m1/s1. The number of ether oxygens (including phenoxy) is 3. The van der Waals surface area contributed by atoms with Crippen LogP contribution in [-0.2, 0) is 4.79 Å². The van der Waals surface area contributed by atoms with Gasteiger partial charge >= 0.3 is 0 Å². The third-order valence-corrected chi connectivity index (χ3v) is 6.04. The number of rotatable bonds is 6. The Bertz CT molecular complexity index is 981. The highest BCUT2D eigenvalue weighted by molar-refractivity contribution is 5.98. The van der Waals surface area contributed by atoms with Gasteiger partial charge in [0.25, 0.3) is 0 Å². The largest absolute Gasteiger partial charge is 0.494 e. The zero-order valence-electron chi connectivity index (χ0n) is 17.9. The smallest absolute Gasteiger partial charge is 0.247 e. The molecule has 31 heavy (non-hydrogen) atoms. The van der Waals surface area contributed by atoms with E-state index in [0.717, 1.165) is 29.9 Å². The number of hydrogen-bond acceptors (Lipinski definition) is 4. The molecule has 0 unspecified atom stereocenters. The van der Waals surface area contributed by atoms with Gasteiger partial charge in [-0.2, -0.15) is 0 Å². The summed E-state index contributed by atoms with van der Waals surface area (Å²) in [5.74, 6) is 1.19. The fraction of sp³-hybridized carbons (Fsp3) is 0.400. The second-order valence-electron chi connectivity index (χ2n) is 8.11. The predicted molar refractivity (Wildman–Crippen MR) is 117 cm³/mol. The second-order valence-corrected chi connectivity index (χ2v) is 8.11. The summed E-state index contributed by atoms with van der Waals surface area (Å²) in [5, 5.41) is 2.96. The second kappa shape index (κ2) is 9.41. The van der Waals surface area contributed by atoms with E-state index in [0.29, 0.717) is 24.1 Å². The maximum Gasteiger partial charge on any atom is 0.247 e. The molecule has 0 aromatic heterocycles. The van der Waals surface area contributed by atoms with Gasteiger partial charge in [0.05, 0.1) is 20.3 Å². The van der Waals surface area contributed by atoms with E-state index in [-0.39, 0.29) is 23.7 Å². The van der Waals surface area contributed by atoms with Gasteiger partial charge in [0.1, 0.15) is 0 Å². The van der Waals surface area contributed by atoms with Gasteiger partial charge in [0.15, 0.2) is 23.1 Å². The summed E-state index contributed by atoms with van der Waals surface area (Å²) in [6, 6.07) is 10.7. The Morgan fingerprint density at radius 1 is 1.00 bits per heavy atom. The molecule has 1 N–H and O–H groups in total. The number of hydrogen-bond donors (Lipinski definition) is 1. The lowest BCUT2D eigenvalue weighted by molar-refractivity contribution is -0.118. The summed E-state index contributed by atoms with van der Waals surface area (Å²) in [4.78, 5) is 12.4. The van der Waals surface area contributed by atoms with Crippen molar-refractivity contribution in [3.63, 3.8) is 0 Å². The lowest BCUT2D eigenvalue weighted by Gasteiger charge is -2.26. The van der Waals surface area contributed by atoms with Crippen LogP contribution in [0.1, 0.15) is 49.1 Å². The van der Waals surface area contributed by atoms with Gasteiger partial charge in [0, 0.05) is 18.0 Å². The lowest BCUT2D eigenvalue weighted by Crippen LogP contribution is -2.35. The molecule has 6 heteroatoms. The number of amides is 1. The van der Waals surface area contributed by atoms with Crippen LogP contribution in [0, 0.1) is 5.82 Å². The van der Waals surface area contributed by atoms with Crippen LogP contribution in [0.5, 0.6) is 17.2 Å². The van der Waals surface area contributed by atoms with E-state index in [4.69, 9.17) is 14.2 Å². The van der Waals surface area contributed by atoms with Crippen molar-refractivity contribution in [3.8, 4) is 17.2 Å². The molecule has 0 spiro atoms. The maximum atomic E-state index is 14.0. The van der Waals surface area contributed by atoms with E-state index in [1.807, 2.05) is 18.2 Å². The highest BCUT2D eigenvalue weighted by Gasteiger charge is 2.26. The Morgan fingerprint density at radius 2 is 1.74 bits per heavy atom. The molecule has 2 aliphatic rings. The SMILES string of the molecule is COc1ccc(/C=C2\C[C@@H](c3ccc(OC)c(OC4CCCC4)c3)CNC2=O)cc1F. The Hall–Kier alpha value is -3.02. The molecule has 0 bridgehead atoms. The number of nitrogens with one attached hydrogen (secondary N) is 1. The molecule has 164 valence electrons. The summed E-state index contributed by atoms with van der Waals surface area (Å²) in [6.07, 6.45) is 7.06. The zero-order chi connectivity index (χ0) is 21.8. The highest BCUT2D eigenvalue weighted by atomic mass is 19.1. The van der Waals surface area contributed by atoms with Crippen LogP contribution in [0.2, 0.25) is 0 Å². The predicted octanol–water partition coefficient (Wildman–Crippen LogP) is 4.85. The molecule has 1 saturated heterocycles. The fourth-order valence-electron chi connectivity index (χ4n) is 4.32. The molecule has 1 aliphatic heterocycles. The number of carbonyl (C=O) groups is 1. The molecule has 1 heterocycles. The lowest BCUT2D eigenvalue weighted by atomic mass is 9.87. The van der Waals surface area contributed by atoms with Crippen molar-refractivity contribution in [2.24, 2.45) is 0 Å². The monoisotopic (exact) mass is 425 g/mol. The minimum absolute atomic E-state index is 0.101. The van der Waals surface area contributed by atoms with Crippen molar-refractivity contribution in [1.29, 1.82) is 0 Å². The summed E-state index contributed by atoms with van der Waals surface area (Å²) in [7, 11) is 3.07. The average molecular weight is 426 g/mol. The van der Waals surface area contributed by atoms with Gasteiger partial charge in [-0.05, 0) is 73.6 Å². The van der Waals surface area contributed by atoms with Gasteiger partial charge in [-0.15, -0.1) is 0 Å². The van der Waals surface area contributed by atoms with Crippen molar-refractivity contribution >= 4 is 12.0 Å². The molecule has 2 aromatic rings. The summed E-state index contributed by atoms with van der Waals surface area (Å²) in [6.45, 7) is 0.544. The number of benzene rings is 2. The van der Waals surface area contributed by atoms with Crippen molar-refractivity contribution < 1.29 is 23.4 Å². The fourth-order valence-corrected chi connectivity index (χ4v) is 4.32. The van der Waals surface area contributed by atoms with Crippen LogP contribution in [0.25, 0.3) is 6.08 Å². The topological polar surface area (TPSA) is 56.8 Å². The Labute approximate surface area is 182 Å². The third-order valence-electron chi connectivity index (χ3n) is 6.04. The molecular weight excluding hydrogens is 397 g/mol.